The van der Waals surface area contributed by atoms with Crippen LogP contribution in [-0.2, 0) is 9.59 Å². The largest absolute Gasteiger partial charge is 0.295 e. The Hall–Kier alpha value is -1.48. The summed E-state index contributed by atoms with van der Waals surface area (Å²) in [6.45, 7) is 0. The van der Waals surface area contributed by atoms with Gasteiger partial charge in [-0.2, -0.15) is 0 Å². The van der Waals surface area contributed by atoms with Crippen molar-refractivity contribution in [3.8, 4) is 0 Å². The molecule has 2 aromatic rings. The molecule has 5 nitrogen and oxygen atoms in total. The van der Waals surface area contributed by atoms with Crippen molar-refractivity contribution in [3.63, 3.8) is 0 Å². The second kappa shape index (κ2) is 5.27. The van der Waals surface area contributed by atoms with Crippen molar-refractivity contribution in [3.05, 3.63) is 40.4 Å². The van der Waals surface area contributed by atoms with E-state index >= 15 is 0 Å². The Labute approximate surface area is 154 Å². The standard InChI is InChI=1S/C16H10BrIN2O3/c17-10-5-4-9-14-8(10)2-1-3-11(14)19(15(9)22)12-6-7-13(21)20(18)16(12)23/h1-5,12H,6-7H2. The maximum atomic E-state index is 12.9. The molecule has 0 N–H and O–H groups in total. The van der Waals surface area contributed by atoms with Crippen LogP contribution in [0.4, 0.5) is 5.69 Å². The highest BCUT2D eigenvalue weighted by molar-refractivity contribution is 14.1. The number of nitrogens with zero attached hydrogens (tertiary/aromatic N) is 2. The summed E-state index contributed by atoms with van der Waals surface area (Å²) >= 11 is 5.23. The van der Waals surface area contributed by atoms with Gasteiger partial charge in [-0.1, -0.05) is 28.1 Å². The number of rotatable bonds is 1. The summed E-state index contributed by atoms with van der Waals surface area (Å²) in [7, 11) is 0. The van der Waals surface area contributed by atoms with Crippen LogP contribution in [0, 0.1) is 0 Å². The van der Waals surface area contributed by atoms with Crippen molar-refractivity contribution in [1.82, 2.24) is 3.11 Å². The van der Waals surface area contributed by atoms with Gasteiger partial charge in [0.25, 0.3) is 11.8 Å². The van der Waals surface area contributed by atoms with Crippen molar-refractivity contribution >= 4 is 73.0 Å². The van der Waals surface area contributed by atoms with E-state index in [9.17, 15) is 14.4 Å². The molecule has 1 saturated heterocycles. The average Bonchev–Trinajstić information content (AvgIpc) is 2.83. The molecule has 2 aliphatic heterocycles. The molecule has 23 heavy (non-hydrogen) atoms. The lowest BCUT2D eigenvalue weighted by Crippen LogP contribution is -2.52. The quantitative estimate of drug-likeness (QED) is 0.354. The van der Waals surface area contributed by atoms with Crippen LogP contribution in [0.3, 0.4) is 0 Å². The van der Waals surface area contributed by atoms with E-state index < -0.39 is 6.04 Å². The number of carbonyl (C=O) groups is 3. The maximum absolute atomic E-state index is 12.9. The van der Waals surface area contributed by atoms with Crippen LogP contribution in [0.1, 0.15) is 23.2 Å². The molecule has 3 amide bonds. The van der Waals surface area contributed by atoms with E-state index in [1.54, 1.807) is 33.8 Å². The van der Waals surface area contributed by atoms with E-state index in [1.807, 2.05) is 24.3 Å². The molecule has 0 aromatic heterocycles. The number of carbonyl (C=O) groups excluding carboxylic acids is 3. The van der Waals surface area contributed by atoms with E-state index in [4.69, 9.17) is 0 Å². The fourth-order valence-electron chi connectivity index (χ4n) is 3.25. The Kier molecular flexibility index (Phi) is 3.45. The lowest BCUT2D eigenvalue weighted by Gasteiger charge is -2.33. The number of piperidine rings is 1. The minimum Gasteiger partial charge on any atom is -0.295 e. The predicted molar refractivity (Wildman–Crippen MR) is 97.4 cm³/mol. The van der Waals surface area contributed by atoms with Crippen molar-refractivity contribution in [1.29, 1.82) is 0 Å². The molecule has 0 aliphatic carbocycles. The first-order valence-corrected chi connectivity index (χ1v) is 8.84. The van der Waals surface area contributed by atoms with Crippen molar-refractivity contribution < 1.29 is 14.4 Å². The van der Waals surface area contributed by atoms with Gasteiger partial charge < -0.3 is 0 Å². The zero-order chi connectivity index (χ0) is 16.3. The molecule has 1 unspecified atom stereocenters. The highest BCUT2D eigenvalue weighted by atomic mass is 127. The first-order valence-electron chi connectivity index (χ1n) is 7.08. The Balaban J connectivity index is 1.88. The third-order valence-electron chi connectivity index (χ3n) is 4.32. The van der Waals surface area contributed by atoms with Crippen LogP contribution in [0.15, 0.2) is 34.8 Å². The van der Waals surface area contributed by atoms with Gasteiger partial charge in [-0.05, 0) is 30.0 Å². The highest BCUT2D eigenvalue weighted by Gasteiger charge is 2.43. The first kappa shape index (κ1) is 15.1. The lowest BCUT2D eigenvalue weighted by molar-refractivity contribution is -0.140. The van der Waals surface area contributed by atoms with Crippen molar-refractivity contribution in [2.75, 3.05) is 4.90 Å². The predicted octanol–water partition coefficient (Wildman–Crippen LogP) is 3.43. The number of imide groups is 1. The minimum absolute atomic E-state index is 0.179. The maximum Gasteiger partial charge on any atom is 0.261 e. The molecule has 0 bridgehead atoms. The van der Waals surface area contributed by atoms with Gasteiger partial charge in [-0.15, -0.1) is 0 Å². The van der Waals surface area contributed by atoms with Crippen LogP contribution in [0.2, 0.25) is 0 Å². The summed E-state index contributed by atoms with van der Waals surface area (Å²) in [5.41, 5.74) is 1.34. The molecule has 1 atom stereocenters. The van der Waals surface area contributed by atoms with Gasteiger partial charge in [0.05, 0.1) is 28.6 Å². The molecule has 4 rings (SSSR count). The number of halogens is 2. The van der Waals surface area contributed by atoms with E-state index in [-0.39, 0.29) is 24.1 Å². The van der Waals surface area contributed by atoms with E-state index in [0.29, 0.717) is 12.0 Å². The fourth-order valence-corrected chi connectivity index (χ4v) is 4.28. The first-order chi connectivity index (χ1) is 11.0. The summed E-state index contributed by atoms with van der Waals surface area (Å²) in [6, 6.07) is 8.66. The number of hydrogen-bond acceptors (Lipinski definition) is 3. The van der Waals surface area contributed by atoms with Gasteiger partial charge in [0.15, 0.2) is 0 Å². The summed E-state index contributed by atoms with van der Waals surface area (Å²) in [5, 5.41) is 1.80. The second-order valence-corrected chi connectivity index (χ2v) is 7.36. The highest BCUT2D eigenvalue weighted by Crippen LogP contribution is 2.42. The molecular weight excluding hydrogens is 475 g/mol. The SMILES string of the molecule is O=C1CCC(N2C(=O)c3ccc(Br)c4cccc2c34)C(=O)N1I. The molecule has 116 valence electrons. The van der Waals surface area contributed by atoms with Gasteiger partial charge in [-0.25, -0.2) is 3.11 Å². The zero-order valence-electron chi connectivity index (χ0n) is 11.8. The molecule has 0 spiro atoms. The molecule has 0 radical (unpaired) electrons. The van der Waals surface area contributed by atoms with Gasteiger partial charge >= 0.3 is 0 Å². The molecule has 2 aromatic carbocycles. The second-order valence-electron chi connectivity index (χ2n) is 5.54. The third kappa shape index (κ3) is 2.06. The Morgan fingerprint density at radius 1 is 1.13 bits per heavy atom. The average molecular weight is 485 g/mol. The molecule has 1 fully saturated rings. The third-order valence-corrected chi connectivity index (χ3v) is 6.02. The topological polar surface area (TPSA) is 57.7 Å². The number of amides is 3. The smallest absolute Gasteiger partial charge is 0.261 e. The van der Waals surface area contributed by atoms with Crippen molar-refractivity contribution in [2.45, 2.75) is 18.9 Å². The summed E-state index contributed by atoms with van der Waals surface area (Å²) in [6.07, 6.45) is 0.619. The van der Waals surface area contributed by atoms with Crippen LogP contribution in [0.5, 0.6) is 0 Å². The van der Waals surface area contributed by atoms with E-state index in [0.717, 1.165) is 24.0 Å². The van der Waals surface area contributed by atoms with Gasteiger partial charge in [-0.3, -0.25) is 19.3 Å². The fraction of sp³-hybridized carbons (Fsp3) is 0.188. The number of anilines is 1. The van der Waals surface area contributed by atoms with E-state index in [2.05, 4.69) is 15.9 Å². The van der Waals surface area contributed by atoms with Gasteiger partial charge in [0, 0.05) is 21.8 Å². The summed E-state index contributed by atoms with van der Waals surface area (Å²) in [4.78, 5) is 38.6. The molecule has 2 aliphatic rings. The van der Waals surface area contributed by atoms with Crippen LogP contribution in [-0.4, -0.2) is 26.9 Å². The van der Waals surface area contributed by atoms with Gasteiger partial charge in [0.2, 0.25) is 5.91 Å². The van der Waals surface area contributed by atoms with Crippen LogP contribution < -0.4 is 4.90 Å². The monoisotopic (exact) mass is 484 g/mol. The van der Waals surface area contributed by atoms with E-state index in [1.165, 1.54) is 0 Å². The summed E-state index contributed by atoms with van der Waals surface area (Å²) in [5.74, 6) is -0.725. The zero-order valence-corrected chi connectivity index (χ0v) is 15.5. The number of benzene rings is 2. The van der Waals surface area contributed by atoms with Crippen LogP contribution >= 0.6 is 38.8 Å². The minimum atomic E-state index is -0.631. The summed E-state index contributed by atoms with van der Waals surface area (Å²) < 4.78 is 2.01. The molecular formula is C16H10BrIN2O3. The number of hydrogen-bond donors (Lipinski definition) is 0. The van der Waals surface area contributed by atoms with Gasteiger partial charge in [0.1, 0.15) is 6.04 Å². The lowest BCUT2D eigenvalue weighted by atomic mass is 10.0. The normalized spacial score (nSPS) is 20.8. The Morgan fingerprint density at radius 3 is 2.70 bits per heavy atom. The molecule has 0 saturated carbocycles. The Morgan fingerprint density at radius 2 is 1.91 bits per heavy atom. The molecule has 7 heteroatoms. The van der Waals surface area contributed by atoms with Crippen LogP contribution in [0.25, 0.3) is 10.8 Å². The van der Waals surface area contributed by atoms with Crippen molar-refractivity contribution in [2.24, 2.45) is 0 Å². The Bertz CT molecular complexity index is 898. The molecule has 2 heterocycles.